The lowest BCUT2D eigenvalue weighted by molar-refractivity contribution is -0.139. The van der Waals surface area contributed by atoms with Crippen molar-refractivity contribution in [2.45, 2.75) is 19.0 Å². The van der Waals surface area contributed by atoms with Crippen molar-refractivity contribution in [1.29, 1.82) is 0 Å². The molecule has 7 nitrogen and oxygen atoms in total. The summed E-state index contributed by atoms with van der Waals surface area (Å²) in [5.41, 5.74) is 6.70. The van der Waals surface area contributed by atoms with E-state index in [1.54, 1.807) is 24.5 Å². The number of carboxylic acid groups (broad SMARTS) is 2. The molecule has 4 N–H and O–H groups in total. The largest absolute Gasteiger partial charge is 0.480 e. The first-order chi connectivity index (χ1) is 8.99. The van der Waals surface area contributed by atoms with Crippen LogP contribution in [0.1, 0.15) is 5.56 Å². The van der Waals surface area contributed by atoms with Gasteiger partial charge in [0, 0.05) is 24.2 Å². The fourth-order valence-electron chi connectivity index (χ4n) is 1.95. The maximum Gasteiger partial charge on any atom is 0.323 e. The summed E-state index contributed by atoms with van der Waals surface area (Å²) >= 11 is 0. The van der Waals surface area contributed by atoms with Gasteiger partial charge in [-0.1, -0.05) is 0 Å². The Kier molecular flexibility index (Phi) is 3.48. The van der Waals surface area contributed by atoms with E-state index in [9.17, 15) is 9.59 Å². The van der Waals surface area contributed by atoms with Crippen molar-refractivity contribution < 1.29 is 19.8 Å². The lowest BCUT2D eigenvalue weighted by atomic mass is 10.1. The van der Waals surface area contributed by atoms with Crippen molar-refractivity contribution in [3.05, 3.63) is 30.1 Å². The molecule has 2 aromatic rings. The Morgan fingerprint density at radius 1 is 1.42 bits per heavy atom. The maximum atomic E-state index is 10.8. The van der Waals surface area contributed by atoms with Crippen LogP contribution in [0.4, 0.5) is 0 Å². The Balaban J connectivity index is 2.44. The molecule has 7 heteroatoms. The number of aromatic nitrogens is 2. The molecule has 0 aliphatic heterocycles. The van der Waals surface area contributed by atoms with Gasteiger partial charge >= 0.3 is 11.9 Å². The highest BCUT2D eigenvalue weighted by Gasteiger charge is 2.17. The van der Waals surface area contributed by atoms with E-state index >= 15 is 0 Å². The van der Waals surface area contributed by atoms with Crippen LogP contribution in [0, 0.1) is 0 Å². The highest BCUT2D eigenvalue weighted by Crippen LogP contribution is 2.20. The molecule has 2 heterocycles. The van der Waals surface area contributed by atoms with Gasteiger partial charge in [0.1, 0.15) is 18.2 Å². The Labute approximate surface area is 108 Å². The number of hydrogen-bond donors (Lipinski definition) is 3. The second-order valence-corrected chi connectivity index (χ2v) is 4.20. The van der Waals surface area contributed by atoms with Crippen LogP contribution in [-0.2, 0) is 22.6 Å². The van der Waals surface area contributed by atoms with Crippen molar-refractivity contribution in [1.82, 2.24) is 9.55 Å². The van der Waals surface area contributed by atoms with Crippen LogP contribution in [0.2, 0.25) is 0 Å². The minimum absolute atomic E-state index is 0.129. The molecule has 0 aliphatic rings. The third-order valence-corrected chi connectivity index (χ3v) is 2.78. The van der Waals surface area contributed by atoms with Gasteiger partial charge in [0.15, 0.2) is 0 Å². The molecule has 0 bridgehead atoms. The number of nitrogens with two attached hydrogens (primary N) is 1. The summed E-state index contributed by atoms with van der Waals surface area (Å²) in [6, 6.07) is 2.46. The summed E-state index contributed by atoms with van der Waals surface area (Å²) < 4.78 is 1.47. The third-order valence-electron chi connectivity index (χ3n) is 2.78. The Morgan fingerprint density at radius 3 is 2.79 bits per heavy atom. The van der Waals surface area contributed by atoms with E-state index < -0.39 is 18.0 Å². The smallest absolute Gasteiger partial charge is 0.323 e. The summed E-state index contributed by atoms with van der Waals surface area (Å²) in [6.45, 7) is -0.226. The fourth-order valence-corrected chi connectivity index (χ4v) is 1.95. The highest BCUT2D eigenvalue weighted by atomic mass is 16.4. The van der Waals surface area contributed by atoms with Gasteiger partial charge in [0.25, 0.3) is 0 Å². The van der Waals surface area contributed by atoms with Crippen LogP contribution in [0.25, 0.3) is 11.0 Å². The van der Waals surface area contributed by atoms with Crippen LogP contribution in [-0.4, -0.2) is 37.7 Å². The molecule has 0 unspecified atom stereocenters. The number of hydrogen-bond acceptors (Lipinski definition) is 4. The van der Waals surface area contributed by atoms with Gasteiger partial charge in [-0.25, -0.2) is 4.98 Å². The van der Waals surface area contributed by atoms with E-state index in [0.717, 1.165) is 5.39 Å². The Hall–Kier alpha value is -2.41. The number of carboxylic acids is 2. The first kappa shape index (κ1) is 13.0. The van der Waals surface area contributed by atoms with Crippen LogP contribution in [0.3, 0.4) is 0 Å². The average molecular weight is 263 g/mol. The van der Waals surface area contributed by atoms with Gasteiger partial charge in [0.05, 0.1) is 0 Å². The SMILES string of the molecule is N[C@@H](Cc1cn(CC(=O)O)c2ncccc12)C(=O)O. The van der Waals surface area contributed by atoms with Crippen molar-refractivity contribution in [2.75, 3.05) is 0 Å². The van der Waals surface area contributed by atoms with E-state index in [1.165, 1.54) is 4.57 Å². The maximum absolute atomic E-state index is 10.8. The zero-order chi connectivity index (χ0) is 14.0. The quantitative estimate of drug-likeness (QED) is 0.702. The van der Waals surface area contributed by atoms with Crippen molar-refractivity contribution in [3.63, 3.8) is 0 Å². The summed E-state index contributed by atoms with van der Waals surface area (Å²) in [5, 5.41) is 18.4. The highest BCUT2D eigenvalue weighted by molar-refractivity contribution is 5.83. The molecule has 19 heavy (non-hydrogen) atoms. The second-order valence-electron chi connectivity index (χ2n) is 4.20. The summed E-state index contributed by atoms with van der Waals surface area (Å²) in [6.07, 6.45) is 3.28. The molecule has 0 saturated heterocycles. The number of pyridine rings is 1. The first-order valence-corrected chi connectivity index (χ1v) is 5.62. The van der Waals surface area contributed by atoms with Gasteiger partial charge in [-0.05, 0) is 17.7 Å². The number of fused-ring (bicyclic) bond motifs is 1. The molecule has 2 rings (SSSR count). The number of aliphatic carboxylic acids is 2. The van der Waals surface area contributed by atoms with E-state index in [1.807, 2.05) is 0 Å². The van der Waals surface area contributed by atoms with Gasteiger partial charge in [-0.3, -0.25) is 9.59 Å². The molecular weight excluding hydrogens is 250 g/mol. The molecule has 100 valence electrons. The molecule has 0 aliphatic carbocycles. The fraction of sp³-hybridized carbons (Fsp3) is 0.250. The first-order valence-electron chi connectivity index (χ1n) is 5.62. The number of carbonyl (C=O) groups is 2. The average Bonchev–Trinajstić information content (AvgIpc) is 2.67. The number of nitrogens with zero attached hydrogens (tertiary/aromatic N) is 2. The van der Waals surface area contributed by atoms with Crippen LogP contribution < -0.4 is 5.73 Å². The molecule has 0 radical (unpaired) electrons. The topological polar surface area (TPSA) is 118 Å². The standard InChI is InChI=1S/C12H13N3O4/c13-9(12(18)19)4-7-5-15(6-10(16)17)11-8(7)2-1-3-14-11/h1-3,5,9H,4,6,13H2,(H,16,17)(H,18,19)/t9-/m0/s1. The molecule has 0 spiro atoms. The zero-order valence-electron chi connectivity index (χ0n) is 9.98. The van der Waals surface area contributed by atoms with Crippen LogP contribution in [0.15, 0.2) is 24.5 Å². The minimum Gasteiger partial charge on any atom is -0.480 e. The second kappa shape index (κ2) is 5.07. The molecule has 0 amide bonds. The minimum atomic E-state index is -1.09. The lowest BCUT2D eigenvalue weighted by Crippen LogP contribution is -2.32. The van der Waals surface area contributed by atoms with Gasteiger partial charge in [-0.2, -0.15) is 0 Å². The summed E-state index contributed by atoms with van der Waals surface area (Å²) in [5.74, 6) is -2.08. The van der Waals surface area contributed by atoms with Crippen LogP contribution in [0.5, 0.6) is 0 Å². The molecule has 0 saturated carbocycles. The predicted octanol–water partition coefficient (Wildman–Crippen LogP) is 0.0753. The summed E-state index contributed by atoms with van der Waals surface area (Å²) in [7, 11) is 0. The number of rotatable bonds is 5. The molecule has 1 atom stereocenters. The monoisotopic (exact) mass is 263 g/mol. The van der Waals surface area contributed by atoms with Gasteiger partial charge < -0.3 is 20.5 Å². The lowest BCUT2D eigenvalue weighted by Gasteiger charge is -2.04. The predicted molar refractivity (Wildman–Crippen MR) is 66.7 cm³/mol. The molecular formula is C12H13N3O4. The Morgan fingerprint density at radius 2 is 2.16 bits per heavy atom. The Bertz CT molecular complexity index is 635. The molecule has 0 aromatic carbocycles. The molecule has 2 aromatic heterocycles. The van der Waals surface area contributed by atoms with Crippen molar-refractivity contribution >= 4 is 23.0 Å². The van der Waals surface area contributed by atoms with E-state index in [-0.39, 0.29) is 13.0 Å². The van der Waals surface area contributed by atoms with E-state index in [0.29, 0.717) is 11.2 Å². The zero-order valence-corrected chi connectivity index (χ0v) is 9.98. The summed E-state index contributed by atoms with van der Waals surface area (Å²) in [4.78, 5) is 25.7. The molecule has 0 fully saturated rings. The normalized spacial score (nSPS) is 12.5. The van der Waals surface area contributed by atoms with E-state index in [4.69, 9.17) is 15.9 Å². The van der Waals surface area contributed by atoms with Crippen LogP contribution >= 0.6 is 0 Å². The van der Waals surface area contributed by atoms with Crippen molar-refractivity contribution in [2.24, 2.45) is 5.73 Å². The third kappa shape index (κ3) is 2.71. The van der Waals surface area contributed by atoms with E-state index in [2.05, 4.69) is 4.98 Å². The van der Waals surface area contributed by atoms with Gasteiger partial charge in [-0.15, -0.1) is 0 Å². The van der Waals surface area contributed by atoms with Crippen molar-refractivity contribution in [3.8, 4) is 0 Å². The van der Waals surface area contributed by atoms with Gasteiger partial charge in [0.2, 0.25) is 0 Å².